The third kappa shape index (κ3) is 2.10. The molecule has 1 saturated heterocycles. The molecular formula is C20H24ClNO2. The van der Waals surface area contributed by atoms with Crippen molar-refractivity contribution in [2.45, 2.75) is 58.5 Å². The van der Waals surface area contributed by atoms with E-state index in [2.05, 4.69) is 26.8 Å². The van der Waals surface area contributed by atoms with Crippen molar-refractivity contribution < 1.29 is 9.47 Å². The summed E-state index contributed by atoms with van der Waals surface area (Å²) in [6.45, 7) is 7.16. The third-order valence-electron chi connectivity index (χ3n) is 7.26. The summed E-state index contributed by atoms with van der Waals surface area (Å²) in [6.07, 6.45) is 2.66. The molecule has 0 radical (unpaired) electrons. The van der Waals surface area contributed by atoms with Crippen molar-refractivity contribution in [2.24, 2.45) is 22.7 Å². The van der Waals surface area contributed by atoms with Crippen LogP contribution in [0, 0.1) is 34.0 Å². The van der Waals surface area contributed by atoms with E-state index in [4.69, 9.17) is 21.1 Å². The molecule has 4 rings (SSSR count). The van der Waals surface area contributed by atoms with Crippen molar-refractivity contribution in [1.29, 1.82) is 5.26 Å². The van der Waals surface area contributed by atoms with Gasteiger partial charge in [-0.1, -0.05) is 50.6 Å². The predicted octanol–water partition coefficient (Wildman–Crippen LogP) is 5.11. The largest absolute Gasteiger partial charge is 0.348 e. The van der Waals surface area contributed by atoms with Crippen LogP contribution < -0.4 is 0 Å². The fraction of sp³-hybridized carbons (Fsp3) is 0.650. The lowest BCUT2D eigenvalue weighted by Gasteiger charge is -2.38. The second-order valence-corrected chi connectivity index (χ2v) is 8.74. The van der Waals surface area contributed by atoms with Crippen LogP contribution in [0.5, 0.6) is 0 Å². The normalized spacial score (nSPS) is 40.3. The Bertz CT molecular complexity index is 697. The van der Waals surface area contributed by atoms with E-state index in [1.54, 1.807) is 6.07 Å². The monoisotopic (exact) mass is 345 g/mol. The lowest BCUT2D eigenvalue weighted by molar-refractivity contribution is -0.177. The number of rotatable bonds is 3. The van der Waals surface area contributed by atoms with Gasteiger partial charge in [-0.2, -0.15) is 5.26 Å². The summed E-state index contributed by atoms with van der Waals surface area (Å²) in [5.41, 5.74) is 1.26. The summed E-state index contributed by atoms with van der Waals surface area (Å²) in [5, 5.41) is 10.1. The molecule has 128 valence electrons. The van der Waals surface area contributed by atoms with Crippen molar-refractivity contribution in [3.63, 3.8) is 0 Å². The van der Waals surface area contributed by atoms with E-state index in [1.807, 2.05) is 18.2 Å². The standard InChI is InChI=1S/C20H24ClNO2/c1-19(2)14-8-9-20(19,3)18-13(14)10-17(24-18)23-16(11-22)12-6-4-5-7-15(12)21/h4-7,13-14,16-18H,8-10H2,1-3H3/t13-,14+,16-,17-,18-,20-/m0/s1. The molecule has 2 saturated carbocycles. The topological polar surface area (TPSA) is 42.2 Å². The highest BCUT2D eigenvalue weighted by atomic mass is 35.5. The summed E-state index contributed by atoms with van der Waals surface area (Å²) in [7, 11) is 0. The molecule has 3 nitrogen and oxygen atoms in total. The van der Waals surface area contributed by atoms with Crippen LogP contribution in [0.2, 0.25) is 5.02 Å². The highest BCUT2D eigenvalue weighted by Crippen LogP contribution is 2.71. The number of hydrogen-bond acceptors (Lipinski definition) is 3. The minimum absolute atomic E-state index is 0.215. The zero-order chi connectivity index (χ0) is 17.1. The molecule has 0 spiro atoms. The van der Waals surface area contributed by atoms with E-state index < -0.39 is 6.10 Å². The van der Waals surface area contributed by atoms with Crippen LogP contribution in [-0.2, 0) is 9.47 Å². The lowest BCUT2D eigenvalue weighted by atomic mass is 9.70. The number of benzene rings is 1. The van der Waals surface area contributed by atoms with Crippen molar-refractivity contribution in [3.8, 4) is 6.07 Å². The van der Waals surface area contributed by atoms with Crippen LogP contribution in [0.4, 0.5) is 0 Å². The zero-order valence-electron chi connectivity index (χ0n) is 14.5. The molecule has 0 N–H and O–H groups in total. The van der Waals surface area contributed by atoms with E-state index in [1.165, 1.54) is 12.8 Å². The summed E-state index contributed by atoms with van der Waals surface area (Å²) in [4.78, 5) is 0. The Morgan fingerprint density at radius 1 is 1.33 bits per heavy atom. The average molecular weight is 346 g/mol. The second-order valence-electron chi connectivity index (χ2n) is 8.34. The Kier molecular flexibility index (Phi) is 3.73. The van der Waals surface area contributed by atoms with Gasteiger partial charge in [0.25, 0.3) is 0 Å². The first-order valence-corrected chi connectivity index (χ1v) is 9.21. The van der Waals surface area contributed by atoms with Gasteiger partial charge in [0.05, 0.1) is 12.2 Å². The molecule has 1 aliphatic heterocycles. The molecule has 1 aromatic carbocycles. The van der Waals surface area contributed by atoms with E-state index in [0.29, 0.717) is 22.3 Å². The lowest BCUT2D eigenvalue weighted by Crippen LogP contribution is -2.38. The Labute approximate surface area is 148 Å². The Morgan fingerprint density at radius 2 is 2.08 bits per heavy atom. The molecule has 6 atom stereocenters. The van der Waals surface area contributed by atoms with Crippen LogP contribution >= 0.6 is 11.6 Å². The van der Waals surface area contributed by atoms with Gasteiger partial charge in [-0.3, -0.25) is 0 Å². The van der Waals surface area contributed by atoms with Crippen molar-refractivity contribution in [2.75, 3.05) is 0 Å². The molecule has 4 heteroatoms. The maximum atomic E-state index is 9.53. The SMILES string of the molecule is CC1(C)[C@@H]2CC[C@@]1(C)[C@H]1O[C@H](O[C@@H](C#N)c3ccccc3Cl)C[C@@H]21. The van der Waals surface area contributed by atoms with Crippen LogP contribution in [0.1, 0.15) is 51.7 Å². The molecule has 0 amide bonds. The van der Waals surface area contributed by atoms with Gasteiger partial charge in [0.2, 0.25) is 0 Å². The van der Waals surface area contributed by atoms with E-state index in [-0.39, 0.29) is 17.8 Å². The fourth-order valence-corrected chi connectivity index (χ4v) is 5.82. The fourth-order valence-electron chi connectivity index (χ4n) is 5.58. The molecule has 2 bridgehead atoms. The number of halogens is 1. The number of nitrogens with zero attached hydrogens (tertiary/aromatic N) is 1. The third-order valence-corrected chi connectivity index (χ3v) is 7.61. The molecule has 3 aliphatic rings. The molecule has 3 fully saturated rings. The highest BCUT2D eigenvalue weighted by Gasteiger charge is 2.69. The molecule has 0 aromatic heterocycles. The molecule has 2 aliphatic carbocycles. The minimum Gasteiger partial charge on any atom is -0.348 e. The van der Waals surface area contributed by atoms with Crippen molar-refractivity contribution in [3.05, 3.63) is 34.9 Å². The van der Waals surface area contributed by atoms with E-state index >= 15 is 0 Å². The summed E-state index contributed by atoms with van der Waals surface area (Å²) < 4.78 is 12.4. The van der Waals surface area contributed by atoms with Crippen LogP contribution in [0.25, 0.3) is 0 Å². The van der Waals surface area contributed by atoms with Crippen LogP contribution in [0.3, 0.4) is 0 Å². The smallest absolute Gasteiger partial charge is 0.173 e. The highest BCUT2D eigenvalue weighted by molar-refractivity contribution is 6.31. The maximum Gasteiger partial charge on any atom is 0.173 e. The maximum absolute atomic E-state index is 9.53. The van der Waals surface area contributed by atoms with Crippen molar-refractivity contribution in [1.82, 2.24) is 0 Å². The number of hydrogen-bond donors (Lipinski definition) is 0. The Hall–Kier alpha value is -1.08. The van der Waals surface area contributed by atoms with Gasteiger partial charge in [0, 0.05) is 17.0 Å². The molecule has 0 unspecified atom stereocenters. The van der Waals surface area contributed by atoms with Crippen LogP contribution in [0.15, 0.2) is 24.3 Å². The summed E-state index contributed by atoms with van der Waals surface area (Å²) >= 11 is 6.22. The number of nitriles is 1. The van der Waals surface area contributed by atoms with Gasteiger partial charge < -0.3 is 9.47 Å². The molecule has 1 aromatic rings. The van der Waals surface area contributed by atoms with Gasteiger partial charge >= 0.3 is 0 Å². The van der Waals surface area contributed by atoms with Gasteiger partial charge in [-0.05, 0) is 41.6 Å². The average Bonchev–Trinajstić information content (AvgIpc) is 3.11. The van der Waals surface area contributed by atoms with E-state index in [9.17, 15) is 5.26 Å². The quantitative estimate of drug-likeness (QED) is 0.764. The first kappa shape index (κ1) is 16.4. The van der Waals surface area contributed by atoms with Gasteiger partial charge in [0.1, 0.15) is 0 Å². The molecule has 24 heavy (non-hydrogen) atoms. The number of fused-ring (bicyclic) bond motifs is 5. The second kappa shape index (κ2) is 5.46. The number of ether oxygens (including phenoxy) is 2. The summed E-state index contributed by atoms with van der Waals surface area (Å²) in [5.74, 6) is 1.25. The Balaban J connectivity index is 1.52. The predicted molar refractivity (Wildman–Crippen MR) is 92.3 cm³/mol. The van der Waals surface area contributed by atoms with Crippen LogP contribution in [-0.4, -0.2) is 12.4 Å². The first-order valence-electron chi connectivity index (χ1n) is 8.83. The van der Waals surface area contributed by atoms with Crippen molar-refractivity contribution >= 4 is 11.6 Å². The minimum atomic E-state index is -0.680. The van der Waals surface area contributed by atoms with Gasteiger partial charge in [-0.25, -0.2) is 0 Å². The van der Waals surface area contributed by atoms with Gasteiger partial charge in [-0.15, -0.1) is 0 Å². The van der Waals surface area contributed by atoms with Gasteiger partial charge in [0.15, 0.2) is 12.4 Å². The Morgan fingerprint density at radius 3 is 2.75 bits per heavy atom. The first-order chi connectivity index (χ1) is 11.4. The zero-order valence-corrected chi connectivity index (χ0v) is 15.2. The molecular weight excluding hydrogens is 322 g/mol. The summed E-state index contributed by atoms with van der Waals surface area (Å²) in [6, 6.07) is 9.60. The molecule has 1 heterocycles. The van der Waals surface area contributed by atoms with E-state index in [0.717, 1.165) is 12.0 Å².